The Morgan fingerprint density at radius 3 is 0.619 bits per heavy atom. The first-order valence-corrected chi connectivity index (χ1v) is 60.7. The number of hydrogen-bond acceptors (Lipinski definition) is 21. The molecule has 0 spiro atoms. The molecule has 2 fully saturated rings. The van der Waals surface area contributed by atoms with Gasteiger partial charge in [0.05, 0.1) is 109 Å². The van der Waals surface area contributed by atoms with Gasteiger partial charge < -0.3 is 99.5 Å². The summed E-state index contributed by atoms with van der Waals surface area (Å²) in [4.78, 5) is 0. The van der Waals surface area contributed by atoms with E-state index in [1.807, 2.05) is 138 Å². The highest BCUT2D eigenvalue weighted by Gasteiger charge is 2.17. The molecule has 0 saturated heterocycles. The molecule has 0 aromatic carbocycles. The van der Waals surface area contributed by atoms with Crippen molar-refractivity contribution in [2.24, 2.45) is 0 Å². The van der Waals surface area contributed by atoms with E-state index in [1.165, 1.54) is 148 Å². The average molecular weight is 2140 g/mol. The van der Waals surface area contributed by atoms with Gasteiger partial charge in [0.2, 0.25) is 0 Å². The lowest BCUT2D eigenvalue weighted by Gasteiger charge is -2.23. The van der Waals surface area contributed by atoms with Crippen molar-refractivity contribution < 1.29 is 99.5 Å². The fourth-order valence-electron chi connectivity index (χ4n) is 9.80. The summed E-state index contributed by atoms with van der Waals surface area (Å²) < 4.78 is 108. The summed E-state index contributed by atoms with van der Waals surface area (Å²) in [6.45, 7) is 127. The fraction of sp³-hybridized carbons (Fsp3) is 1.00. The van der Waals surface area contributed by atoms with Gasteiger partial charge in [0, 0.05) is 161 Å². The van der Waals surface area contributed by atoms with E-state index in [9.17, 15) is 0 Å². The van der Waals surface area contributed by atoms with Crippen LogP contribution in [0.15, 0.2) is 0 Å². The highest BCUT2D eigenvalue weighted by atomic mass is 16.5. The van der Waals surface area contributed by atoms with Gasteiger partial charge in [-0.25, -0.2) is 0 Å². The monoisotopic (exact) mass is 2140 g/mol. The quantitative estimate of drug-likeness (QED) is 0.0521. The maximum atomic E-state index is 5.69. The number of ether oxygens (including phenoxy) is 21. The van der Waals surface area contributed by atoms with Crippen molar-refractivity contribution in [3.05, 3.63) is 0 Å². The van der Waals surface area contributed by atoms with E-state index in [0.717, 1.165) is 177 Å². The second-order valence-corrected chi connectivity index (χ2v) is 39.6. The fourth-order valence-corrected chi connectivity index (χ4v) is 9.80. The van der Waals surface area contributed by atoms with E-state index in [1.54, 1.807) is 35.5 Å². The maximum absolute atomic E-state index is 5.69. The lowest BCUT2D eigenvalue weighted by Crippen LogP contribution is -2.20. The Bertz CT molecular complexity index is 1840. The molecule has 0 bridgehead atoms. The zero-order chi connectivity index (χ0) is 118. The van der Waals surface area contributed by atoms with Crippen LogP contribution >= 0.6 is 0 Å². The summed E-state index contributed by atoms with van der Waals surface area (Å²) in [7, 11) is 8.57. The molecule has 0 heterocycles. The minimum Gasteiger partial charge on any atom is -0.385 e. The first kappa shape index (κ1) is 190. The van der Waals surface area contributed by atoms with Crippen molar-refractivity contribution in [1.29, 1.82) is 0 Å². The lowest BCUT2D eigenvalue weighted by atomic mass is 9.98. The van der Waals surface area contributed by atoms with Crippen molar-refractivity contribution >= 4 is 0 Å². The smallest absolute Gasteiger partial charge is 0.0598 e. The molecule has 0 radical (unpaired) electrons. The van der Waals surface area contributed by atoms with E-state index in [4.69, 9.17) is 94.7 Å². The van der Waals surface area contributed by atoms with Crippen LogP contribution in [0.3, 0.4) is 0 Å². The number of methoxy groups -OCH3 is 5. The molecule has 0 aromatic heterocycles. The Hall–Kier alpha value is -0.840. The van der Waals surface area contributed by atoms with E-state index >= 15 is 0 Å². The van der Waals surface area contributed by atoms with Crippen molar-refractivity contribution in [3.8, 4) is 0 Å². The summed E-state index contributed by atoms with van der Waals surface area (Å²) in [5.74, 6) is 0. The van der Waals surface area contributed by atoms with Gasteiger partial charge in [0.25, 0.3) is 0 Å². The van der Waals surface area contributed by atoms with Gasteiger partial charge in [0.15, 0.2) is 0 Å². The number of hydrogen-bond donors (Lipinski definition) is 0. The van der Waals surface area contributed by atoms with Gasteiger partial charge >= 0.3 is 0 Å². The Labute approximate surface area is 930 Å². The van der Waals surface area contributed by atoms with E-state index < -0.39 is 0 Å². The van der Waals surface area contributed by atoms with Crippen molar-refractivity contribution in [3.63, 3.8) is 0 Å². The van der Waals surface area contributed by atoms with Crippen LogP contribution in [0.5, 0.6) is 0 Å². The second-order valence-electron chi connectivity index (χ2n) is 39.6. The molecule has 2 rings (SSSR count). The molecule has 920 valence electrons. The average Bonchev–Trinajstić information content (AvgIpc) is 1.95. The molecule has 21 heteroatoms. The van der Waals surface area contributed by atoms with Crippen LogP contribution < -0.4 is 0 Å². The summed E-state index contributed by atoms with van der Waals surface area (Å²) >= 11 is 0. The predicted molar refractivity (Wildman–Crippen MR) is 655 cm³/mol. The largest absolute Gasteiger partial charge is 0.385 e. The molecular weight excluding hydrogens is 1850 g/mol. The third kappa shape index (κ3) is 297. The minimum absolute atomic E-state index is 0.0417. The first-order valence-electron chi connectivity index (χ1n) is 60.7. The van der Waals surface area contributed by atoms with Crippen LogP contribution in [-0.4, -0.2) is 270 Å². The molecule has 2 aliphatic rings. The zero-order valence-electron chi connectivity index (χ0n) is 112. The van der Waals surface area contributed by atoms with Crippen molar-refractivity contribution in [2.75, 3.05) is 161 Å². The summed E-state index contributed by atoms with van der Waals surface area (Å²) in [5.41, 5.74) is 0.0920. The highest BCUT2D eigenvalue weighted by Crippen LogP contribution is 2.23. The molecule has 7 unspecified atom stereocenters. The van der Waals surface area contributed by atoms with Gasteiger partial charge in [0.1, 0.15) is 0 Å². The maximum Gasteiger partial charge on any atom is 0.0598 e. The molecule has 2 saturated carbocycles. The Morgan fingerprint density at radius 2 is 0.449 bits per heavy atom. The summed E-state index contributed by atoms with van der Waals surface area (Å²) in [6.07, 6.45) is 45.2. The summed E-state index contributed by atoms with van der Waals surface area (Å²) in [5, 5.41) is 0. The van der Waals surface area contributed by atoms with Crippen LogP contribution in [0.25, 0.3) is 0 Å². The Balaban J connectivity index is -0.0000000691. The molecule has 21 nitrogen and oxygen atoms in total. The predicted octanol–water partition coefficient (Wildman–Crippen LogP) is 37.8. The molecule has 0 aromatic rings. The van der Waals surface area contributed by atoms with Gasteiger partial charge in [-0.15, -0.1) is 0 Å². The van der Waals surface area contributed by atoms with E-state index in [2.05, 4.69) is 233 Å². The molecule has 0 N–H and O–H groups in total. The summed E-state index contributed by atoms with van der Waals surface area (Å²) in [6, 6.07) is 0. The number of rotatable bonds is 57. The molecule has 0 amide bonds. The topological polar surface area (TPSA) is 194 Å². The second kappa shape index (κ2) is 178. The normalized spacial score (nSPS) is 13.0. The Kier molecular flexibility index (Phi) is 231. The van der Waals surface area contributed by atoms with Crippen molar-refractivity contribution in [1.82, 2.24) is 0 Å². The van der Waals surface area contributed by atoms with E-state index in [-0.39, 0.29) is 11.2 Å². The molecule has 0 aliphatic heterocycles. The van der Waals surface area contributed by atoms with Crippen LogP contribution in [0.2, 0.25) is 0 Å². The molecule has 2 aliphatic carbocycles. The zero-order valence-corrected chi connectivity index (χ0v) is 112. The van der Waals surface area contributed by atoms with Gasteiger partial charge in [-0.2, -0.15) is 0 Å². The van der Waals surface area contributed by atoms with Gasteiger partial charge in [-0.3, -0.25) is 0 Å². The standard InChI is InChI=1S/C9H18O.C9H20O.C8H16O.2C8H18O.2C7H16O.5C6H14O.5C5H12O.3C4H10O.C3H8O/c1-8(2)10-9-6-4-3-5-7-9;1-4-6-8-10-9(3)7-5-2;1-7(2)9-8-5-3-4-6-8;1-4-6-7-9-8(3)5-2;1-4-6-8(3)9-7-5-2;1-4-5-6-8-7(2)3;1-4-6-8-7(3)5-2;1-5-7-6(2,3)4;1-4-5-6(2)7-3;1-4-5-7-6(2)3;1-4-6(3)7-5-2;1-3-5-6-7-4-2;1-5(2,3)6-4;1-4-5(2)6-3;2*1-4-6-5(2)3;1-3-5-6-4-2;1-4(2)5-3;2*1-3-5-4-2;1-3-4-2/h8-9H,3-7H2,1-2H3;9H,4-8H2,1-3H3;7-8H,3-6H2,1-2H3;2*8H,4-7H2,1-3H3;2*7H,4-6H2,1-3H3;5H2,1-4H3;3*6H,4-5H2,1-3H3;3-6H2,1-2H3;1-4H3;3*5H,4H2,1-3H3;3-5H2,1-2H3;4H,1-3H3;2*3-4H2,1-2H3;3H2,1-2H3. The van der Waals surface area contributed by atoms with Gasteiger partial charge in [-0.05, 0) is 385 Å². The van der Waals surface area contributed by atoms with E-state index in [0.29, 0.717) is 97.7 Å². The number of unbranched alkanes of at least 4 members (excludes halogenated alkanes) is 4. The third-order valence-corrected chi connectivity index (χ3v) is 19.2. The van der Waals surface area contributed by atoms with Crippen LogP contribution in [0.1, 0.15) is 566 Å². The molecule has 147 heavy (non-hydrogen) atoms. The Morgan fingerprint density at radius 1 is 0.204 bits per heavy atom. The lowest BCUT2D eigenvalue weighted by molar-refractivity contribution is -0.0118. The highest BCUT2D eigenvalue weighted by molar-refractivity contribution is 4.68. The molecule has 7 atom stereocenters. The van der Waals surface area contributed by atoms with Crippen LogP contribution in [0, 0.1) is 0 Å². The van der Waals surface area contributed by atoms with Crippen LogP contribution in [0.4, 0.5) is 0 Å². The molecular formula is C126H290O21. The SMILES string of the molecule is CC(C)OC1CCCC1.CC(C)OC1CCCCC1.CCC(C)OC.CCCC(C)OC.CCCCOC(C)C.CCCCOC(C)CC.CCCCOC(C)CCC.CCCCOCC.CCCOC(C)C.CCCOC(C)CC.CCCOC(C)CCC.CCCOCC.CCOC.CCOC(C)(C)C.CCOC(C)C.CCOC(C)C.CCOC(C)CC.CCOCC.CCOCC.COC(C)(C)C.COC(C)C. The third-order valence-electron chi connectivity index (χ3n) is 19.2. The first-order chi connectivity index (χ1) is 69.3. The van der Waals surface area contributed by atoms with Gasteiger partial charge in [-0.1, -0.05) is 181 Å². The van der Waals surface area contributed by atoms with Crippen molar-refractivity contribution in [2.45, 2.75) is 675 Å². The minimum atomic E-state index is 0.0417. The van der Waals surface area contributed by atoms with Crippen LogP contribution in [-0.2, 0) is 99.5 Å².